The average Bonchev–Trinajstić information content (AvgIpc) is 3.18. The Kier molecular flexibility index (Phi) is 6.69. The van der Waals surface area contributed by atoms with Crippen molar-refractivity contribution < 1.29 is 12.9 Å². The number of piperazine rings is 1. The topological polar surface area (TPSA) is 91.0 Å². The van der Waals surface area contributed by atoms with Gasteiger partial charge < -0.3 is 14.7 Å². The first-order valence-corrected chi connectivity index (χ1v) is 11.0. The van der Waals surface area contributed by atoms with Gasteiger partial charge in [-0.1, -0.05) is 35.0 Å². The van der Waals surface area contributed by atoms with Gasteiger partial charge in [-0.05, 0) is 18.9 Å². The molecule has 0 atom stereocenters. The van der Waals surface area contributed by atoms with Crippen LogP contribution in [0.5, 0.6) is 0 Å². The largest absolute Gasteiger partial charge is 0.364 e. The van der Waals surface area contributed by atoms with E-state index < -0.39 is 10.0 Å². The number of aromatic nitrogens is 1. The highest BCUT2D eigenvalue weighted by Crippen LogP contribution is 2.13. The molecular weight excluding hydrogens is 378 g/mol. The van der Waals surface area contributed by atoms with E-state index in [0.717, 1.165) is 18.9 Å². The van der Waals surface area contributed by atoms with Crippen molar-refractivity contribution in [2.24, 2.45) is 4.99 Å². The lowest BCUT2D eigenvalue weighted by molar-refractivity contribution is 0.260. The van der Waals surface area contributed by atoms with Gasteiger partial charge in [-0.3, -0.25) is 4.99 Å². The van der Waals surface area contributed by atoms with Crippen molar-refractivity contribution >= 4 is 16.0 Å². The smallest absolute Gasteiger partial charge is 0.220 e. The Hall–Kier alpha value is -2.39. The summed E-state index contributed by atoms with van der Waals surface area (Å²) in [6, 6.07) is 10.0. The number of aliphatic imine (C=N–C) groups is 1. The highest BCUT2D eigenvalue weighted by molar-refractivity contribution is 7.88. The van der Waals surface area contributed by atoms with E-state index in [-0.39, 0.29) is 5.75 Å². The SMILES string of the molecule is CN=C(NCCc1cccc(C)c1)N1CCN(S(=O)(=O)Cc2ccon2)CC1. The Bertz CT molecular complexity index is 888. The standard InChI is InChI=1S/C19H27N5O3S/c1-16-4-3-5-17(14-16)6-8-21-19(20-2)23-9-11-24(12-10-23)28(25,26)15-18-7-13-27-22-18/h3-5,7,13-14H,6,8-12,15H2,1-2H3,(H,20,21). The Morgan fingerprint density at radius 1 is 1.25 bits per heavy atom. The van der Waals surface area contributed by atoms with Crippen molar-refractivity contribution in [2.45, 2.75) is 19.1 Å². The zero-order valence-corrected chi connectivity index (χ0v) is 17.2. The van der Waals surface area contributed by atoms with Gasteiger partial charge in [0.05, 0.1) is 5.69 Å². The number of sulfonamides is 1. The summed E-state index contributed by atoms with van der Waals surface area (Å²) in [5.74, 6) is 0.675. The Morgan fingerprint density at radius 2 is 2.04 bits per heavy atom. The maximum absolute atomic E-state index is 12.5. The number of hydrogen-bond acceptors (Lipinski definition) is 5. The maximum Gasteiger partial charge on any atom is 0.220 e. The summed E-state index contributed by atoms with van der Waals surface area (Å²) in [4.78, 5) is 6.45. The Morgan fingerprint density at radius 3 is 2.68 bits per heavy atom. The molecule has 1 aliphatic rings. The van der Waals surface area contributed by atoms with Crippen LogP contribution in [0.15, 0.2) is 46.1 Å². The van der Waals surface area contributed by atoms with Crippen LogP contribution in [0.25, 0.3) is 0 Å². The summed E-state index contributed by atoms with van der Waals surface area (Å²) in [6.07, 6.45) is 2.29. The van der Waals surface area contributed by atoms with Gasteiger partial charge in [0, 0.05) is 45.8 Å². The number of nitrogens with one attached hydrogen (secondary N) is 1. The predicted octanol–water partition coefficient (Wildman–Crippen LogP) is 1.25. The second-order valence-corrected chi connectivity index (χ2v) is 8.82. The van der Waals surface area contributed by atoms with Crippen LogP contribution in [-0.2, 0) is 22.2 Å². The van der Waals surface area contributed by atoms with Gasteiger partial charge in [0.1, 0.15) is 12.0 Å². The monoisotopic (exact) mass is 405 g/mol. The molecule has 0 spiro atoms. The first-order chi connectivity index (χ1) is 13.5. The molecule has 152 valence electrons. The van der Waals surface area contributed by atoms with Crippen LogP contribution in [-0.4, -0.2) is 68.5 Å². The molecule has 0 bridgehead atoms. The zero-order chi connectivity index (χ0) is 20.0. The second kappa shape index (κ2) is 9.20. The predicted molar refractivity (Wildman–Crippen MR) is 109 cm³/mol. The van der Waals surface area contributed by atoms with Crippen molar-refractivity contribution in [1.29, 1.82) is 0 Å². The molecule has 1 N–H and O–H groups in total. The molecule has 1 aromatic carbocycles. The van der Waals surface area contributed by atoms with E-state index >= 15 is 0 Å². The van der Waals surface area contributed by atoms with Crippen molar-refractivity contribution in [2.75, 3.05) is 39.8 Å². The average molecular weight is 406 g/mol. The van der Waals surface area contributed by atoms with E-state index in [9.17, 15) is 8.42 Å². The highest BCUT2D eigenvalue weighted by atomic mass is 32.2. The van der Waals surface area contributed by atoms with Crippen molar-refractivity contribution in [3.63, 3.8) is 0 Å². The van der Waals surface area contributed by atoms with E-state index in [1.165, 1.54) is 21.7 Å². The third-order valence-corrected chi connectivity index (χ3v) is 6.56. The molecule has 0 amide bonds. The molecule has 1 saturated heterocycles. The van der Waals surface area contributed by atoms with Crippen LogP contribution in [0, 0.1) is 6.92 Å². The minimum atomic E-state index is -3.40. The third-order valence-electron chi connectivity index (χ3n) is 4.74. The molecule has 2 aromatic rings. The fourth-order valence-electron chi connectivity index (χ4n) is 3.29. The molecule has 3 rings (SSSR count). The lowest BCUT2D eigenvalue weighted by Crippen LogP contribution is -2.54. The lowest BCUT2D eigenvalue weighted by atomic mass is 10.1. The van der Waals surface area contributed by atoms with Crippen LogP contribution in [0.3, 0.4) is 0 Å². The van der Waals surface area contributed by atoms with Crippen LogP contribution >= 0.6 is 0 Å². The summed E-state index contributed by atoms with van der Waals surface area (Å²) in [5.41, 5.74) is 2.97. The van der Waals surface area contributed by atoms with Crippen molar-refractivity contribution in [3.05, 3.63) is 53.4 Å². The molecular formula is C19H27N5O3S. The molecule has 1 aromatic heterocycles. The number of nitrogens with zero attached hydrogens (tertiary/aromatic N) is 4. The summed E-state index contributed by atoms with van der Waals surface area (Å²) < 4.78 is 31.3. The molecule has 28 heavy (non-hydrogen) atoms. The number of hydrogen-bond donors (Lipinski definition) is 1. The molecule has 9 heteroatoms. The Balaban J connectivity index is 1.48. The van der Waals surface area contributed by atoms with Gasteiger partial charge in [0.2, 0.25) is 10.0 Å². The number of guanidine groups is 1. The third kappa shape index (κ3) is 5.32. The fraction of sp³-hybridized carbons (Fsp3) is 0.474. The highest BCUT2D eigenvalue weighted by Gasteiger charge is 2.28. The van der Waals surface area contributed by atoms with Gasteiger partial charge >= 0.3 is 0 Å². The molecule has 2 heterocycles. The second-order valence-electron chi connectivity index (χ2n) is 6.85. The van der Waals surface area contributed by atoms with Crippen LogP contribution < -0.4 is 5.32 Å². The number of benzene rings is 1. The molecule has 1 aliphatic heterocycles. The first-order valence-electron chi connectivity index (χ1n) is 9.36. The van der Waals surface area contributed by atoms with Gasteiger partial charge in [-0.25, -0.2) is 8.42 Å². The van der Waals surface area contributed by atoms with E-state index in [2.05, 4.69) is 51.6 Å². The van der Waals surface area contributed by atoms with Crippen LogP contribution in [0.1, 0.15) is 16.8 Å². The Labute approximate surface area is 166 Å². The van der Waals surface area contributed by atoms with E-state index in [1.807, 2.05) is 0 Å². The van der Waals surface area contributed by atoms with Gasteiger partial charge in [0.25, 0.3) is 0 Å². The lowest BCUT2D eigenvalue weighted by Gasteiger charge is -2.35. The molecule has 0 saturated carbocycles. The van der Waals surface area contributed by atoms with E-state index in [0.29, 0.717) is 31.9 Å². The molecule has 1 fully saturated rings. The molecule has 8 nitrogen and oxygen atoms in total. The summed E-state index contributed by atoms with van der Waals surface area (Å²) >= 11 is 0. The molecule has 0 aliphatic carbocycles. The normalized spacial score (nSPS) is 16.4. The minimum Gasteiger partial charge on any atom is -0.364 e. The number of rotatable bonds is 6. The summed E-state index contributed by atoms with van der Waals surface area (Å²) in [6.45, 7) is 4.93. The van der Waals surface area contributed by atoms with Crippen LogP contribution in [0.2, 0.25) is 0 Å². The van der Waals surface area contributed by atoms with Gasteiger partial charge in [-0.2, -0.15) is 4.31 Å². The summed E-state index contributed by atoms with van der Waals surface area (Å²) in [5, 5.41) is 7.08. The van der Waals surface area contributed by atoms with Gasteiger partial charge in [-0.15, -0.1) is 0 Å². The minimum absolute atomic E-state index is 0.132. The first kappa shape index (κ1) is 20.3. The van der Waals surface area contributed by atoms with Crippen molar-refractivity contribution in [3.8, 4) is 0 Å². The maximum atomic E-state index is 12.5. The number of aryl methyl sites for hydroxylation is 1. The summed E-state index contributed by atoms with van der Waals surface area (Å²) in [7, 11) is -1.64. The quantitative estimate of drug-likeness (QED) is 0.575. The van der Waals surface area contributed by atoms with Gasteiger partial charge in [0.15, 0.2) is 5.96 Å². The molecule has 0 radical (unpaired) electrons. The molecule has 0 unspecified atom stereocenters. The zero-order valence-electron chi connectivity index (χ0n) is 16.3. The fourth-order valence-corrected chi connectivity index (χ4v) is 4.71. The van der Waals surface area contributed by atoms with E-state index in [1.54, 1.807) is 13.1 Å². The van der Waals surface area contributed by atoms with Crippen molar-refractivity contribution in [1.82, 2.24) is 19.7 Å². The van der Waals surface area contributed by atoms with E-state index in [4.69, 9.17) is 4.52 Å². The van der Waals surface area contributed by atoms with Crippen LogP contribution in [0.4, 0.5) is 0 Å².